The molecule has 1 unspecified atom stereocenters. The molecule has 4 heteroatoms. The lowest BCUT2D eigenvalue weighted by Gasteiger charge is -2.48. The average molecular weight is 212 g/mol. The Labute approximate surface area is 90.8 Å². The molecule has 15 heavy (non-hydrogen) atoms. The van der Waals surface area contributed by atoms with E-state index in [9.17, 15) is 4.79 Å². The number of ether oxygens (including phenoxy) is 1. The first-order valence-electron chi connectivity index (χ1n) is 5.77. The van der Waals surface area contributed by atoms with Crippen molar-refractivity contribution in [1.29, 1.82) is 0 Å². The summed E-state index contributed by atoms with van der Waals surface area (Å²) in [6, 6.07) is 0. The van der Waals surface area contributed by atoms with E-state index in [2.05, 4.69) is 0 Å². The molecule has 0 radical (unpaired) electrons. The minimum atomic E-state index is -0.206. The molecule has 1 saturated heterocycles. The van der Waals surface area contributed by atoms with Gasteiger partial charge < -0.3 is 15.4 Å². The molecule has 4 nitrogen and oxygen atoms in total. The number of amides is 1. The van der Waals surface area contributed by atoms with Gasteiger partial charge in [-0.25, -0.2) is 4.79 Å². The fourth-order valence-corrected chi connectivity index (χ4v) is 2.73. The summed E-state index contributed by atoms with van der Waals surface area (Å²) in [5, 5.41) is 0. The number of likely N-dealkylation sites (tertiary alicyclic amines) is 1. The molecule has 0 aromatic carbocycles. The first kappa shape index (κ1) is 10.7. The van der Waals surface area contributed by atoms with Crippen molar-refractivity contribution in [3.63, 3.8) is 0 Å². The lowest BCUT2D eigenvalue weighted by Crippen LogP contribution is -2.58. The molecule has 0 aromatic rings. The van der Waals surface area contributed by atoms with Crippen molar-refractivity contribution >= 4 is 6.09 Å². The number of carbonyl (C=O) groups is 1. The number of methoxy groups -OCH3 is 1. The number of hydrogen-bond donors (Lipinski definition) is 1. The maximum absolute atomic E-state index is 11.4. The predicted molar refractivity (Wildman–Crippen MR) is 57.5 cm³/mol. The summed E-state index contributed by atoms with van der Waals surface area (Å²) in [4.78, 5) is 13.2. The molecule has 0 bridgehead atoms. The van der Waals surface area contributed by atoms with Crippen LogP contribution in [0.1, 0.15) is 32.1 Å². The first-order valence-corrected chi connectivity index (χ1v) is 5.77. The number of nitrogens with zero attached hydrogens (tertiary/aromatic N) is 1. The Morgan fingerprint density at radius 3 is 2.73 bits per heavy atom. The third-order valence-corrected chi connectivity index (χ3v) is 3.95. The van der Waals surface area contributed by atoms with Crippen molar-refractivity contribution in [2.24, 2.45) is 11.7 Å². The molecule has 0 aromatic heterocycles. The van der Waals surface area contributed by atoms with Gasteiger partial charge in [0.15, 0.2) is 0 Å². The minimum absolute atomic E-state index is 0.00664. The highest BCUT2D eigenvalue weighted by atomic mass is 16.5. The van der Waals surface area contributed by atoms with Gasteiger partial charge in [0.05, 0.1) is 7.11 Å². The summed E-state index contributed by atoms with van der Waals surface area (Å²) in [6.07, 6.45) is 5.48. The highest BCUT2D eigenvalue weighted by Crippen LogP contribution is 2.39. The van der Waals surface area contributed by atoms with E-state index >= 15 is 0 Å². The van der Waals surface area contributed by atoms with Crippen LogP contribution in [0.15, 0.2) is 0 Å². The Hall–Kier alpha value is -0.770. The van der Waals surface area contributed by atoms with Crippen molar-refractivity contribution in [2.75, 3.05) is 20.2 Å². The van der Waals surface area contributed by atoms with Gasteiger partial charge in [0.1, 0.15) is 0 Å². The van der Waals surface area contributed by atoms with Crippen LogP contribution in [0.4, 0.5) is 4.79 Å². The van der Waals surface area contributed by atoms with E-state index in [0.29, 0.717) is 5.92 Å². The van der Waals surface area contributed by atoms with Crippen LogP contribution in [0.3, 0.4) is 0 Å². The monoisotopic (exact) mass is 212 g/mol. The molecule has 2 N–H and O–H groups in total. The second kappa shape index (κ2) is 4.00. The van der Waals surface area contributed by atoms with Crippen LogP contribution in [0.5, 0.6) is 0 Å². The maximum Gasteiger partial charge on any atom is 0.409 e. The number of rotatable bonds is 1. The van der Waals surface area contributed by atoms with E-state index in [1.54, 1.807) is 4.90 Å². The van der Waals surface area contributed by atoms with Crippen LogP contribution in [0, 0.1) is 5.92 Å². The molecule has 1 amide bonds. The molecule has 1 heterocycles. The standard InChI is InChI=1S/C11H20N2O2/c1-15-10(14)13-7-2-4-9(8-13)11(12)5-3-6-11/h9H,2-8,12H2,1H3. The van der Waals surface area contributed by atoms with Gasteiger partial charge in [0, 0.05) is 18.6 Å². The second-order valence-electron chi connectivity index (χ2n) is 4.84. The number of hydrogen-bond acceptors (Lipinski definition) is 3. The maximum atomic E-state index is 11.4. The third-order valence-electron chi connectivity index (χ3n) is 3.95. The van der Waals surface area contributed by atoms with Gasteiger partial charge in [0.25, 0.3) is 0 Å². The quantitative estimate of drug-likeness (QED) is 0.713. The van der Waals surface area contributed by atoms with Gasteiger partial charge in [0.2, 0.25) is 0 Å². The van der Waals surface area contributed by atoms with E-state index in [0.717, 1.165) is 38.8 Å². The predicted octanol–water partition coefficient (Wildman–Crippen LogP) is 1.35. The molecule has 0 spiro atoms. The summed E-state index contributed by atoms with van der Waals surface area (Å²) in [6.45, 7) is 1.60. The summed E-state index contributed by atoms with van der Waals surface area (Å²) in [5.74, 6) is 0.471. The normalized spacial score (nSPS) is 29.5. The fraction of sp³-hybridized carbons (Fsp3) is 0.909. The van der Waals surface area contributed by atoms with Crippen LogP contribution in [0.25, 0.3) is 0 Å². The zero-order chi connectivity index (χ0) is 10.9. The van der Waals surface area contributed by atoms with Gasteiger partial charge in [-0.05, 0) is 38.0 Å². The second-order valence-corrected chi connectivity index (χ2v) is 4.84. The lowest BCUT2D eigenvalue weighted by molar-refractivity contribution is 0.0585. The molecule has 1 aliphatic carbocycles. The number of nitrogens with two attached hydrogens (primary N) is 1. The Morgan fingerprint density at radius 1 is 1.47 bits per heavy atom. The molecule has 1 aliphatic heterocycles. The topological polar surface area (TPSA) is 55.6 Å². The van der Waals surface area contributed by atoms with E-state index < -0.39 is 0 Å². The van der Waals surface area contributed by atoms with Gasteiger partial charge in [-0.1, -0.05) is 0 Å². The van der Waals surface area contributed by atoms with Crippen LogP contribution < -0.4 is 5.73 Å². The fourth-order valence-electron chi connectivity index (χ4n) is 2.73. The van der Waals surface area contributed by atoms with Crippen LogP contribution in [-0.2, 0) is 4.74 Å². The van der Waals surface area contributed by atoms with Crippen LogP contribution >= 0.6 is 0 Å². The zero-order valence-corrected chi connectivity index (χ0v) is 9.37. The summed E-state index contributed by atoms with van der Waals surface area (Å²) in [7, 11) is 1.44. The Morgan fingerprint density at radius 2 is 2.20 bits per heavy atom. The smallest absolute Gasteiger partial charge is 0.409 e. The average Bonchev–Trinajstić information content (AvgIpc) is 2.25. The van der Waals surface area contributed by atoms with Crippen molar-refractivity contribution in [1.82, 2.24) is 4.90 Å². The SMILES string of the molecule is COC(=O)N1CCCC(C2(N)CCC2)C1. The third kappa shape index (κ3) is 1.95. The van der Waals surface area contributed by atoms with E-state index in [4.69, 9.17) is 10.5 Å². The largest absolute Gasteiger partial charge is 0.453 e. The number of carbonyl (C=O) groups excluding carboxylic acids is 1. The molecular formula is C11H20N2O2. The zero-order valence-electron chi connectivity index (χ0n) is 9.37. The molecule has 1 saturated carbocycles. The Bertz CT molecular complexity index is 251. The van der Waals surface area contributed by atoms with Gasteiger partial charge in [-0.15, -0.1) is 0 Å². The first-order chi connectivity index (χ1) is 7.15. The summed E-state index contributed by atoms with van der Waals surface area (Å²) in [5.41, 5.74) is 6.31. The number of piperidine rings is 1. The molecule has 86 valence electrons. The Kier molecular flexibility index (Phi) is 2.87. The van der Waals surface area contributed by atoms with Gasteiger partial charge in [-0.3, -0.25) is 0 Å². The van der Waals surface area contributed by atoms with Gasteiger partial charge in [-0.2, -0.15) is 0 Å². The van der Waals surface area contributed by atoms with E-state index in [1.807, 2.05) is 0 Å². The molecular weight excluding hydrogens is 192 g/mol. The summed E-state index contributed by atoms with van der Waals surface area (Å²) < 4.78 is 4.75. The molecule has 1 atom stereocenters. The lowest BCUT2D eigenvalue weighted by atomic mass is 9.66. The summed E-state index contributed by atoms with van der Waals surface area (Å²) >= 11 is 0. The minimum Gasteiger partial charge on any atom is -0.453 e. The van der Waals surface area contributed by atoms with Crippen molar-refractivity contribution < 1.29 is 9.53 Å². The van der Waals surface area contributed by atoms with Crippen molar-refractivity contribution in [3.8, 4) is 0 Å². The molecule has 2 fully saturated rings. The van der Waals surface area contributed by atoms with Crippen LogP contribution in [-0.4, -0.2) is 36.7 Å². The van der Waals surface area contributed by atoms with Crippen molar-refractivity contribution in [2.45, 2.75) is 37.6 Å². The van der Waals surface area contributed by atoms with Gasteiger partial charge >= 0.3 is 6.09 Å². The van der Waals surface area contributed by atoms with Crippen LogP contribution in [0.2, 0.25) is 0 Å². The molecule has 2 aliphatic rings. The highest BCUT2D eigenvalue weighted by Gasteiger charge is 2.42. The Balaban J connectivity index is 1.95. The van der Waals surface area contributed by atoms with Crippen molar-refractivity contribution in [3.05, 3.63) is 0 Å². The molecule has 2 rings (SSSR count). The van der Waals surface area contributed by atoms with E-state index in [-0.39, 0.29) is 11.6 Å². The highest BCUT2D eigenvalue weighted by molar-refractivity contribution is 5.67. The van der Waals surface area contributed by atoms with E-state index in [1.165, 1.54) is 13.5 Å².